The van der Waals surface area contributed by atoms with Crippen LogP contribution in [0.4, 0.5) is 0 Å². The average molecular weight is 339 g/mol. The quantitative estimate of drug-likeness (QED) is 0.649. The Hall–Kier alpha value is -1.83. The van der Waals surface area contributed by atoms with Gasteiger partial charge in [-0.3, -0.25) is 0 Å². The van der Waals surface area contributed by atoms with Gasteiger partial charge in [0.25, 0.3) is 0 Å². The molecule has 134 valence electrons. The molecule has 1 aromatic carbocycles. The third-order valence-corrected chi connectivity index (χ3v) is 3.79. The van der Waals surface area contributed by atoms with Crippen molar-refractivity contribution in [1.82, 2.24) is 5.32 Å². The van der Waals surface area contributed by atoms with Crippen molar-refractivity contribution in [3.05, 3.63) is 23.8 Å². The molecule has 0 bridgehead atoms. The van der Waals surface area contributed by atoms with Crippen molar-refractivity contribution in [3.63, 3.8) is 0 Å². The molecule has 2 atom stereocenters. The largest absolute Gasteiger partial charge is 0.493 e. The third kappa shape index (κ3) is 5.36. The monoisotopic (exact) mass is 339 g/mol. The molecule has 1 aliphatic heterocycles. The number of ether oxygens (including phenoxy) is 4. The minimum Gasteiger partial charge on any atom is -0.493 e. The summed E-state index contributed by atoms with van der Waals surface area (Å²) in [4.78, 5) is 11.5. The topological polar surface area (TPSA) is 86.3 Å². The number of carbonyl (C=O) groups excluding carboxylic acids is 1. The van der Waals surface area contributed by atoms with Crippen molar-refractivity contribution >= 4 is 5.97 Å². The summed E-state index contributed by atoms with van der Waals surface area (Å²) in [7, 11) is 2.81. The molecule has 1 aromatic rings. The molecule has 2 N–H and O–H groups in total. The molecule has 1 fully saturated rings. The van der Waals surface area contributed by atoms with E-state index in [0.29, 0.717) is 23.6 Å². The van der Waals surface area contributed by atoms with Crippen LogP contribution in [-0.2, 0) is 9.47 Å². The number of nitrogens with one attached hydrogen (secondary N) is 1. The first-order valence-electron chi connectivity index (χ1n) is 8.03. The van der Waals surface area contributed by atoms with Crippen molar-refractivity contribution in [2.75, 3.05) is 40.5 Å². The fourth-order valence-corrected chi connectivity index (χ4v) is 2.49. The van der Waals surface area contributed by atoms with Gasteiger partial charge in [-0.2, -0.15) is 0 Å². The van der Waals surface area contributed by atoms with Gasteiger partial charge in [0.1, 0.15) is 12.7 Å². The Morgan fingerprint density at radius 1 is 1.42 bits per heavy atom. The molecular weight excluding hydrogens is 314 g/mol. The highest BCUT2D eigenvalue weighted by Gasteiger charge is 2.16. The molecule has 7 nitrogen and oxygen atoms in total. The minimum atomic E-state index is -0.656. The zero-order chi connectivity index (χ0) is 17.4. The van der Waals surface area contributed by atoms with Crippen molar-refractivity contribution in [1.29, 1.82) is 0 Å². The number of rotatable bonds is 9. The predicted octanol–water partition coefficient (Wildman–Crippen LogP) is 0.990. The Labute approximate surface area is 141 Å². The first-order chi connectivity index (χ1) is 11.6. The Balaban J connectivity index is 1.78. The molecule has 2 rings (SSSR count). The van der Waals surface area contributed by atoms with Gasteiger partial charge in [-0.05, 0) is 31.0 Å². The molecule has 0 spiro atoms. The lowest BCUT2D eigenvalue weighted by atomic mass is 10.2. The lowest BCUT2D eigenvalue weighted by Crippen LogP contribution is -2.35. The maximum atomic E-state index is 11.5. The molecule has 0 aliphatic carbocycles. The van der Waals surface area contributed by atoms with Gasteiger partial charge in [0.2, 0.25) is 0 Å². The van der Waals surface area contributed by atoms with Crippen LogP contribution in [0.3, 0.4) is 0 Å². The van der Waals surface area contributed by atoms with Crippen LogP contribution in [0.1, 0.15) is 23.2 Å². The van der Waals surface area contributed by atoms with Gasteiger partial charge in [0.15, 0.2) is 11.5 Å². The van der Waals surface area contributed by atoms with Gasteiger partial charge in [-0.15, -0.1) is 0 Å². The summed E-state index contributed by atoms with van der Waals surface area (Å²) < 4.78 is 21.0. The highest BCUT2D eigenvalue weighted by atomic mass is 16.5. The number of esters is 1. The molecule has 0 aromatic heterocycles. The van der Waals surface area contributed by atoms with Crippen LogP contribution in [0.15, 0.2) is 18.2 Å². The van der Waals surface area contributed by atoms with E-state index in [-0.39, 0.29) is 12.7 Å². The van der Waals surface area contributed by atoms with Crippen LogP contribution in [0, 0.1) is 0 Å². The molecule has 1 heterocycles. The van der Waals surface area contributed by atoms with E-state index in [1.165, 1.54) is 14.2 Å². The van der Waals surface area contributed by atoms with Crippen LogP contribution in [0.25, 0.3) is 0 Å². The number of carbonyl (C=O) groups is 1. The second-order valence-electron chi connectivity index (χ2n) is 5.62. The van der Waals surface area contributed by atoms with E-state index in [0.717, 1.165) is 26.0 Å². The Bertz CT molecular complexity index is 530. The zero-order valence-corrected chi connectivity index (χ0v) is 14.1. The number of aliphatic hydroxyl groups is 1. The van der Waals surface area contributed by atoms with Crippen LogP contribution >= 0.6 is 0 Å². The molecule has 0 saturated carbocycles. The molecular formula is C17H25NO6. The Morgan fingerprint density at radius 2 is 2.25 bits per heavy atom. The molecule has 1 aliphatic rings. The Kier molecular flexibility index (Phi) is 7.30. The second-order valence-corrected chi connectivity index (χ2v) is 5.62. The van der Waals surface area contributed by atoms with Gasteiger partial charge in [-0.1, -0.05) is 0 Å². The lowest BCUT2D eigenvalue weighted by Gasteiger charge is -2.16. The molecule has 2 unspecified atom stereocenters. The van der Waals surface area contributed by atoms with Crippen molar-refractivity contribution in [2.45, 2.75) is 25.0 Å². The van der Waals surface area contributed by atoms with E-state index in [1.807, 2.05) is 0 Å². The minimum absolute atomic E-state index is 0.118. The van der Waals surface area contributed by atoms with Crippen LogP contribution in [0.2, 0.25) is 0 Å². The maximum absolute atomic E-state index is 11.5. The van der Waals surface area contributed by atoms with E-state index in [2.05, 4.69) is 10.1 Å². The number of benzene rings is 1. The van der Waals surface area contributed by atoms with Gasteiger partial charge in [-0.25, -0.2) is 4.79 Å². The van der Waals surface area contributed by atoms with Gasteiger partial charge >= 0.3 is 5.97 Å². The summed E-state index contributed by atoms with van der Waals surface area (Å²) in [5, 5.41) is 13.2. The van der Waals surface area contributed by atoms with E-state index in [1.54, 1.807) is 18.2 Å². The SMILES string of the molecule is COC(=O)c1ccc(OCC(O)CNCC2CCCO2)c(OC)c1. The first-order valence-corrected chi connectivity index (χ1v) is 8.03. The fraction of sp³-hybridized carbons (Fsp3) is 0.588. The molecule has 0 amide bonds. The number of hydrogen-bond donors (Lipinski definition) is 2. The van der Waals surface area contributed by atoms with Crippen LogP contribution in [-0.4, -0.2) is 63.8 Å². The van der Waals surface area contributed by atoms with Gasteiger partial charge < -0.3 is 29.4 Å². The summed E-state index contributed by atoms with van der Waals surface area (Å²) >= 11 is 0. The summed E-state index contributed by atoms with van der Waals surface area (Å²) in [6.07, 6.45) is 1.74. The number of aliphatic hydroxyl groups excluding tert-OH is 1. The maximum Gasteiger partial charge on any atom is 0.337 e. The van der Waals surface area contributed by atoms with Crippen LogP contribution < -0.4 is 14.8 Å². The van der Waals surface area contributed by atoms with Crippen molar-refractivity contribution in [2.24, 2.45) is 0 Å². The van der Waals surface area contributed by atoms with E-state index in [4.69, 9.17) is 14.2 Å². The standard InChI is InChI=1S/C17H25NO6/c1-21-16-8-12(17(20)22-2)5-6-15(16)24-11-13(19)9-18-10-14-4-3-7-23-14/h5-6,8,13-14,18-19H,3-4,7,9-11H2,1-2H3. The van der Waals surface area contributed by atoms with E-state index in [9.17, 15) is 9.90 Å². The normalized spacial score (nSPS) is 18.2. The Morgan fingerprint density at radius 3 is 2.92 bits per heavy atom. The molecule has 0 radical (unpaired) electrons. The van der Waals surface area contributed by atoms with Gasteiger partial charge in [0, 0.05) is 19.7 Å². The summed E-state index contributed by atoms with van der Waals surface area (Å²) in [5.74, 6) is 0.430. The predicted molar refractivity (Wildman–Crippen MR) is 87.7 cm³/mol. The summed E-state index contributed by atoms with van der Waals surface area (Å²) in [6, 6.07) is 4.76. The van der Waals surface area contributed by atoms with E-state index < -0.39 is 12.1 Å². The smallest absolute Gasteiger partial charge is 0.337 e. The zero-order valence-electron chi connectivity index (χ0n) is 14.1. The van der Waals surface area contributed by atoms with Gasteiger partial charge in [0.05, 0.1) is 25.9 Å². The number of hydrogen-bond acceptors (Lipinski definition) is 7. The third-order valence-electron chi connectivity index (χ3n) is 3.79. The summed E-state index contributed by atoms with van der Waals surface area (Å²) in [5.41, 5.74) is 0.375. The summed E-state index contributed by atoms with van der Waals surface area (Å²) in [6.45, 7) is 2.09. The van der Waals surface area contributed by atoms with E-state index >= 15 is 0 Å². The second kappa shape index (κ2) is 9.46. The van der Waals surface area contributed by atoms with Crippen molar-refractivity contribution < 1.29 is 28.8 Å². The molecule has 7 heteroatoms. The average Bonchev–Trinajstić information content (AvgIpc) is 3.12. The lowest BCUT2D eigenvalue weighted by molar-refractivity contribution is 0.0599. The highest BCUT2D eigenvalue weighted by Crippen LogP contribution is 2.28. The molecule has 24 heavy (non-hydrogen) atoms. The van der Waals surface area contributed by atoms with Crippen molar-refractivity contribution in [3.8, 4) is 11.5 Å². The highest BCUT2D eigenvalue weighted by molar-refractivity contribution is 5.90. The van der Waals surface area contributed by atoms with Crippen LogP contribution in [0.5, 0.6) is 11.5 Å². The fourth-order valence-electron chi connectivity index (χ4n) is 2.49. The number of methoxy groups -OCH3 is 2. The first kappa shape index (κ1) is 18.5. The molecule has 1 saturated heterocycles.